The minimum absolute atomic E-state index is 0.0398. The van der Waals surface area contributed by atoms with Gasteiger partial charge in [0.05, 0.1) is 11.4 Å². The number of carbonyl (C=O) groups is 2. The Bertz CT molecular complexity index is 1280. The maximum atomic E-state index is 14.0. The van der Waals surface area contributed by atoms with Crippen LogP contribution in [0.5, 0.6) is 11.5 Å². The van der Waals surface area contributed by atoms with Gasteiger partial charge in [-0.25, -0.2) is 8.42 Å². The van der Waals surface area contributed by atoms with Crippen LogP contribution in [0.2, 0.25) is 5.02 Å². The first kappa shape index (κ1) is 29.0. The topological polar surface area (TPSA) is 105 Å². The van der Waals surface area contributed by atoms with Gasteiger partial charge in [0.2, 0.25) is 28.6 Å². The number of sulfonamides is 1. The Morgan fingerprint density at radius 3 is 2.46 bits per heavy atom. The first-order valence-corrected chi connectivity index (χ1v) is 15.5. The molecule has 0 bridgehead atoms. The molecule has 1 N–H and O–H groups in total. The van der Waals surface area contributed by atoms with Crippen molar-refractivity contribution in [2.45, 2.75) is 71.0 Å². The van der Waals surface area contributed by atoms with Gasteiger partial charge in [0, 0.05) is 23.7 Å². The van der Waals surface area contributed by atoms with Gasteiger partial charge in [-0.05, 0) is 49.9 Å². The van der Waals surface area contributed by atoms with Gasteiger partial charge >= 0.3 is 0 Å². The van der Waals surface area contributed by atoms with Crippen LogP contribution in [-0.2, 0) is 26.2 Å². The summed E-state index contributed by atoms with van der Waals surface area (Å²) < 4.78 is 38.2. The van der Waals surface area contributed by atoms with E-state index in [1.165, 1.54) is 11.8 Å². The van der Waals surface area contributed by atoms with Crippen molar-refractivity contribution in [3.63, 3.8) is 0 Å². The number of rotatable bonds is 11. The van der Waals surface area contributed by atoms with E-state index >= 15 is 0 Å². The SMILES string of the molecule is CCC(C(=O)NC1CCCCC1)N(Cc1ccccc1Cl)C(=O)CN(c1ccc2c(c1)OCO2)S(=O)(=O)CC. The fraction of sp³-hybridized carbons (Fsp3) is 0.500. The van der Waals surface area contributed by atoms with Gasteiger partial charge in [0.15, 0.2) is 11.5 Å². The van der Waals surface area contributed by atoms with Crippen LogP contribution in [0.3, 0.4) is 0 Å². The zero-order valence-corrected chi connectivity index (χ0v) is 24.0. The predicted octanol–water partition coefficient (Wildman–Crippen LogP) is 4.48. The van der Waals surface area contributed by atoms with E-state index in [1.54, 1.807) is 36.4 Å². The van der Waals surface area contributed by atoms with E-state index in [-0.39, 0.29) is 36.7 Å². The number of carbonyl (C=O) groups excluding carboxylic acids is 2. The number of halogens is 1. The minimum atomic E-state index is -3.85. The molecule has 0 saturated heterocycles. The third kappa shape index (κ3) is 6.97. The Balaban J connectivity index is 1.65. The summed E-state index contributed by atoms with van der Waals surface area (Å²) >= 11 is 6.44. The molecule has 0 radical (unpaired) electrons. The van der Waals surface area contributed by atoms with Gasteiger partial charge in [0.1, 0.15) is 12.6 Å². The molecule has 1 aliphatic heterocycles. The molecule has 2 aromatic carbocycles. The van der Waals surface area contributed by atoms with Crippen LogP contribution in [0.25, 0.3) is 0 Å². The summed E-state index contributed by atoms with van der Waals surface area (Å²) in [7, 11) is -3.85. The van der Waals surface area contributed by atoms with E-state index in [4.69, 9.17) is 21.1 Å². The predicted molar refractivity (Wildman–Crippen MR) is 150 cm³/mol. The van der Waals surface area contributed by atoms with E-state index < -0.39 is 28.5 Å². The monoisotopic (exact) mass is 577 g/mol. The van der Waals surface area contributed by atoms with Crippen molar-refractivity contribution in [3.8, 4) is 11.5 Å². The molecule has 2 aromatic rings. The van der Waals surface area contributed by atoms with Crippen molar-refractivity contribution in [1.82, 2.24) is 10.2 Å². The lowest BCUT2D eigenvalue weighted by molar-refractivity contribution is -0.140. The molecule has 1 fully saturated rings. The highest BCUT2D eigenvalue weighted by molar-refractivity contribution is 7.92. The maximum Gasteiger partial charge on any atom is 0.244 e. The molecule has 11 heteroatoms. The molecule has 2 amide bonds. The smallest absolute Gasteiger partial charge is 0.244 e. The van der Waals surface area contributed by atoms with Crippen molar-refractivity contribution >= 4 is 39.1 Å². The number of anilines is 1. The number of ether oxygens (including phenoxy) is 2. The molecule has 0 spiro atoms. The Morgan fingerprint density at radius 1 is 1.05 bits per heavy atom. The van der Waals surface area contributed by atoms with Crippen molar-refractivity contribution in [3.05, 3.63) is 53.1 Å². The molecule has 1 aliphatic carbocycles. The van der Waals surface area contributed by atoms with Crippen molar-refractivity contribution in [2.24, 2.45) is 0 Å². The van der Waals surface area contributed by atoms with Crippen molar-refractivity contribution in [1.29, 1.82) is 0 Å². The molecule has 1 atom stereocenters. The average molecular weight is 578 g/mol. The largest absolute Gasteiger partial charge is 0.454 e. The molecule has 1 unspecified atom stereocenters. The number of nitrogens with zero attached hydrogens (tertiary/aromatic N) is 2. The second kappa shape index (κ2) is 12.9. The summed E-state index contributed by atoms with van der Waals surface area (Å²) in [5.74, 6) is -0.0429. The number of hydrogen-bond donors (Lipinski definition) is 1. The lowest BCUT2D eigenvalue weighted by Crippen LogP contribution is -2.54. The second-order valence-electron chi connectivity index (χ2n) is 9.83. The van der Waals surface area contributed by atoms with Crippen LogP contribution in [0.4, 0.5) is 5.69 Å². The third-order valence-corrected chi connectivity index (χ3v) is 9.37. The Kier molecular flexibility index (Phi) is 9.61. The summed E-state index contributed by atoms with van der Waals surface area (Å²) in [4.78, 5) is 28.9. The number of benzene rings is 2. The van der Waals surface area contributed by atoms with Crippen LogP contribution in [-0.4, -0.2) is 56.3 Å². The second-order valence-corrected chi connectivity index (χ2v) is 12.4. The lowest BCUT2D eigenvalue weighted by atomic mass is 9.95. The van der Waals surface area contributed by atoms with Gasteiger partial charge in [-0.15, -0.1) is 0 Å². The maximum absolute atomic E-state index is 14.0. The fourth-order valence-corrected chi connectivity index (χ4v) is 6.28. The van der Waals surface area contributed by atoms with Crippen LogP contribution in [0, 0.1) is 0 Å². The molecular formula is C28H36ClN3O6S. The highest BCUT2D eigenvalue weighted by atomic mass is 35.5. The summed E-state index contributed by atoms with van der Waals surface area (Å²) in [6.07, 6.45) is 5.45. The van der Waals surface area contributed by atoms with Crippen molar-refractivity contribution < 1.29 is 27.5 Å². The standard InChI is InChI=1S/C28H36ClN3O6S/c1-3-24(28(34)30-21-11-6-5-7-12-21)31(17-20-10-8-9-13-23(20)29)27(33)18-32(39(35,36)4-2)22-14-15-25-26(16-22)38-19-37-25/h8-10,13-16,21,24H,3-7,11-12,17-19H2,1-2H3,(H,30,34). The lowest BCUT2D eigenvalue weighted by Gasteiger charge is -2.34. The summed E-state index contributed by atoms with van der Waals surface area (Å²) in [5.41, 5.74) is 0.955. The highest BCUT2D eigenvalue weighted by Gasteiger charge is 2.34. The van der Waals surface area contributed by atoms with E-state index in [0.29, 0.717) is 28.5 Å². The first-order chi connectivity index (χ1) is 18.7. The first-order valence-electron chi connectivity index (χ1n) is 13.5. The summed E-state index contributed by atoms with van der Waals surface area (Å²) in [6.45, 7) is 2.99. The quantitative estimate of drug-likeness (QED) is 0.422. The van der Waals surface area contributed by atoms with Gasteiger partial charge in [-0.2, -0.15) is 0 Å². The molecule has 39 heavy (non-hydrogen) atoms. The summed E-state index contributed by atoms with van der Waals surface area (Å²) in [6, 6.07) is 11.2. The van der Waals surface area contributed by atoms with E-state index in [1.807, 2.05) is 13.0 Å². The minimum Gasteiger partial charge on any atom is -0.454 e. The van der Waals surface area contributed by atoms with Gasteiger partial charge < -0.3 is 19.7 Å². The van der Waals surface area contributed by atoms with E-state index in [9.17, 15) is 18.0 Å². The summed E-state index contributed by atoms with van der Waals surface area (Å²) in [5, 5.41) is 3.60. The van der Waals surface area contributed by atoms with Gasteiger partial charge in [-0.3, -0.25) is 13.9 Å². The third-order valence-electron chi connectivity index (χ3n) is 7.26. The Labute approximate surface area is 235 Å². The molecule has 1 heterocycles. The Morgan fingerprint density at radius 2 is 1.77 bits per heavy atom. The van der Waals surface area contributed by atoms with Crippen molar-refractivity contribution in [2.75, 3.05) is 23.4 Å². The Hall–Kier alpha value is -2.98. The van der Waals surface area contributed by atoms with Crippen LogP contribution < -0.4 is 19.1 Å². The number of hydrogen-bond acceptors (Lipinski definition) is 6. The number of fused-ring (bicyclic) bond motifs is 1. The number of amides is 2. The average Bonchev–Trinajstić information content (AvgIpc) is 3.41. The highest BCUT2D eigenvalue weighted by Crippen LogP contribution is 2.36. The van der Waals surface area contributed by atoms with Crippen LogP contribution in [0.1, 0.15) is 57.9 Å². The molecular weight excluding hydrogens is 542 g/mol. The molecule has 9 nitrogen and oxygen atoms in total. The number of nitrogens with one attached hydrogen (secondary N) is 1. The van der Waals surface area contributed by atoms with Gasteiger partial charge in [0.25, 0.3) is 0 Å². The normalized spacial score (nSPS) is 16.0. The van der Waals surface area contributed by atoms with Crippen LogP contribution in [0.15, 0.2) is 42.5 Å². The zero-order valence-electron chi connectivity index (χ0n) is 22.4. The zero-order chi connectivity index (χ0) is 28.0. The van der Waals surface area contributed by atoms with Gasteiger partial charge in [-0.1, -0.05) is 56.0 Å². The molecule has 4 rings (SSSR count). The van der Waals surface area contributed by atoms with Crippen LogP contribution >= 0.6 is 11.6 Å². The molecule has 0 aromatic heterocycles. The molecule has 1 saturated carbocycles. The molecule has 2 aliphatic rings. The molecule has 212 valence electrons. The van der Waals surface area contributed by atoms with E-state index in [2.05, 4.69) is 5.32 Å². The fourth-order valence-electron chi connectivity index (χ4n) is 5.03. The van der Waals surface area contributed by atoms with E-state index in [0.717, 1.165) is 36.4 Å².